The van der Waals surface area contributed by atoms with Crippen molar-refractivity contribution < 1.29 is 13.9 Å². The molecule has 1 aliphatic rings. The fourth-order valence-corrected chi connectivity index (χ4v) is 4.72. The van der Waals surface area contributed by atoms with Crippen LogP contribution in [0.2, 0.25) is 0 Å². The molecule has 3 aromatic rings. The second-order valence-electron chi connectivity index (χ2n) is 9.68. The number of benzene rings is 3. The SMILES string of the molecule is COc1ccccc1N1CCN(CC[C@@H](Oc2cc(C)cc(C(C)C)c2)c2ccc(F)cc2)CC1. The number of hydrogen-bond acceptors (Lipinski definition) is 4. The first-order chi connectivity index (χ1) is 16.9. The molecule has 3 aromatic carbocycles. The van der Waals surface area contributed by atoms with Gasteiger partial charge in [-0.2, -0.15) is 0 Å². The van der Waals surface area contributed by atoms with Gasteiger partial charge < -0.3 is 14.4 Å². The number of para-hydroxylation sites is 2. The van der Waals surface area contributed by atoms with Crippen LogP contribution < -0.4 is 14.4 Å². The van der Waals surface area contributed by atoms with Gasteiger partial charge in [0.05, 0.1) is 12.8 Å². The Kier molecular flexibility index (Phi) is 8.29. The van der Waals surface area contributed by atoms with E-state index in [0.717, 1.165) is 61.9 Å². The third-order valence-corrected chi connectivity index (χ3v) is 6.77. The monoisotopic (exact) mass is 476 g/mol. The molecule has 1 heterocycles. The Morgan fingerprint density at radius 3 is 2.29 bits per heavy atom. The Bertz CT molecular complexity index is 1090. The van der Waals surface area contributed by atoms with E-state index >= 15 is 0 Å². The van der Waals surface area contributed by atoms with Crippen molar-refractivity contribution in [3.63, 3.8) is 0 Å². The molecule has 0 saturated carbocycles. The normalized spacial score (nSPS) is 15.3. The van der Waals surface area contributed by atoms with Crippen LogP contribution in [-0.4, -0.2) is 44.7 Å². The molecule has 1 saturated heterocycles. The number of methoxy groups -OCH3 is 1. The Labute approximate surface area is 209 Å². The number of anilines is 1. The molecule has 186 valence electrons. The lowest BCUT2D eigenvalue weighted by Gasteiger charge is -2.37. The Morgan fingerprint density at radius 1 is 0.886 bits per heavy atom. The molecule has 4 nitrogen and oxygen atoms in total. The van der Waals surface area contributed by atoms with Crippen LogP contribution in [0.4, 0.5) is 10.1 Å². The zero-order chi connectivity index (χ0) is 24.8. The van der Waals surface area contributed by atoms with Gasteiger partial charge in [0, 0.05) is 39.1 Å². The van der Waals surface area contributed by atoms with Crippen LogP contribution in [0.15, 0.2) is 66.7 Å². The van der Waals surface area contributed by atoms with Crippen LogP contribution in [0.1, 0.15) is 49.0 Å². The number of ether oxygens (including phenoxy) is 2. The van der Waals surface area contributed by atoms with Crippen molar-refractivity contribution in [2.75, 3.05) is 44.7 Å². The van der Waals surface area contributed by atoms with Gasteiger partial charge in [-0.1, -0.05) is 44.2 Å². The third-order valence-electron chi connectivity index (χ3n) is 6.77. The van der Waals surface area contributed by atoms with E-state index < -0.39 is 0 Å². The van der Waals surface area contributed by atoms with Crippen molar-refractivity contribution in [1.82, 2.24) is 4.90 Å². The zero-order valence-corrected chi connectivity index (χ0v) is 21.3. The fraction of sp³-hybridized carbons (Fsp3) is 0.400. The highest BCUT2D eigenvalue weighted by atomic mass is 19.1. The van der Waals surface area contributed by atoms with Crippen LogP contribution >= 0.6 is 0 Å². The van der Waals surface area contributed by atoms with E-state index in [1.54, 1.807) is 7.11 Å². The summed E-state index contributed by atoms with van der Waals surface area (Å²) in [7, 11) is 1.73. The summed E-state index contributed by atoms with van der Waals surface area (Å²) in [6.07, 6.45) is 0.704. The molecule has 0 N–H and O–H groups in total. The van der Waals surface area contributed by atoms with Gasteiger partial charge in [-0.25, -0.2) is 4.39 Å². The van der Waals surface area contributed by atoms with Crippen molar-refractivity contribution in [2.45, 2.75) is 39.2 Å². The van der Waals surface area contributed by atoms with E-state index in [9.17, 15) is 4.39 Å². The number of aryl methyl sites for hydroxylation is 1. The smallest absolute Gasteiger partial charge is 0.142 e. The van der Waals surface area contributed by atoms with Crippen molar-refractivity contribution in [1.29, 1.82) is 0 Å². The van der Waals surface area contributed by atoms with Crippen molar-refractivity contribution in [3.8, 4) is 11.5 Å². The summed E-state index contributed by atoms with van der Waals surface area (Å²) in [5, 5.41) is 0. The zero-order valence-electron chi connectivity index (χ0n) is 21.3. The van der Waals surface area contributed by atoms with Crippen LogP contribution in [0, 0.1) is 12.7 Å². The van der Waals surface area contributed by atoms with Crippen LogP contribution in [0.5, 0.6) is 11.5 Å². The standard InChI is InChI=1S/C30H37FN2O2/c1-22(2)25-19-23(3)20-27(21-25)35-29(24-9-11-26(31)12-10-24)13-14-32-15-17-33(18-16-32)28-7-5-6-8-30(28)34-4/h5-12,19-22,29H,13-18H2,1-4H3/t29-/m1/s1. The Morgan fingerprint density at radius 2 is 1.60 bits per heavy atom. The maximum Gasteiger partial charge on any atom is 0.142 e. The van der Waals surface area contributed by atoms with Gasteiger partial charge in [-0.15, -0.1) is 0 Å². The molecule has 0 spiro atoms. The molecule has 0 radical (unpaired) electrons. The highest BCUT2D eigenvalue weighted by Crippen LogP contribution is 2.31. The van der Waals surface area contributed by atoms with Gasteiger partial charge >= 0.3 is 0 Å². The number of halogens is 1. The molecule has 0 amide bonds. The summed E-state index contributed by atoms with van der Waals surface area (Å²) in [6, 6.07) is 21.4. The fourth-order valence-electron chi connectivity index (χ4n) is 4.72. The largest absolute Gasteiger partial charge is 0.495 e. The average molecular weight is 477 g/mol. The molecule has 35 heavy (non-hydrogen) atoms. The summed E-state index contributed by atoms with van der Waals surface area (Å²) in [4.78, 5) is 4.88. The molecular weight excluding hydrogens is 439 g/mol. The summed E-state index contributed by atoms with van der Waals surface area (Å²) in [6.45, 7) is 11.3. The molecule has 1 fully saturated rings. The Hall–Kier alpha value is -3.05. The van der Waals surface area contributed by atoms with E-state index in [-0.39, 0.29) is 11.9 Å². The first-order valence-corrected chi connectivity index (χ1v) is 12.6. The first-order valence-electron chi connectivity index (χ1n) is 12.6. The highest BCUT2D eigenvalue weighted by Gasteiger charge is 2.22. The number of piperazine rings is 1. The summed E-state index contributed by atoms with van der Waals surface area (Å²) >= 11 is 0. The van der Waals surface area contributed by atoms with Crippen LogP contribution in [-0.2, 0) is 0 Å². The summed E-state index contributed by atoms with van der Waals surface area (Å²) in [5.41, 5.74) is 4.62. The summed E-state index contributed by atoms with van der Waals surface area (Å²) < 4.78 is 25.7. The molecule has 1 aliphatic heterocycles. The maximum absolute atomic E-state index is 13.6. The third kappa shape index (κ3) is 6.55. The quantitative estimate of drug-likeness (QED) is 0.347. The predicted octanol–water partition coefficient (Wildman–Crippen LogP) is 6.60. The molecular formula is C30H37FN2O2. The van der Waals surface area contributed by atoms with Crippen molar-refractivity contribution in [3.05, 3.63) is 89.2 Å². The van der Waals surface area contributed by atoms with Gasteiger partial charge in [0.15, 0.2) is 0 Å². The molecule has 4 rings (SSSR count). The van der Waals surface area contributed by atoms with E-state index in [1.165, 1.54) is 23.3 Å². The van der Waals surface area contributed by atoms with E-state index in [2.05, 4.69) is 60.9 Å². The minimum absolute atomic E-state index is 0.135. The number of rotatable bonds is 9. The second kappa shape index (κ2) is 11.6. The van der Waals surface area contributed by atoms with Crippen molar-refractivity contribution in [2.24, 2.45) is 0 Å². The average Bonchev–Trinajstić information content (AvgIpc) is 2.87. The lowest BCUT2D eigenvalue weighted by Crippen LogP contribution is -2.47. The van der Waals surface area contributed by atoms with Crippen LogP contribution in [0.25, 0.3) is 0 Å². The minimum Gasteiger partial charge on any atom is -0.495 e. The molecule has 5 heteroatoms. The maximum atomic E-state index is 13.6. The lowest BCUT2D eigenvalue weighted by molar-refractivity contribution is 0.160. The van der Waals surface area contributed by atoms with E-state index in [1.807, 2.05) is 24.3 Å². The number of hydrogen-bond donors (Lipinski definition) is 0. The molecule has 0 aromatic heterocycles. The van der Waals surface area contributed by atoms with Crippen molar-refractivity contribution >= 4 is 5.69 Å². The van der Waals surface area contributed by atoms with Crippen LogP contribution in [0.3, 0.4) is 0 Å². The van der Waals surface area contributed by atoms with Gasteiger partial charge in [0.1, 0.15) is 23.4 Å². The topological polar surface area (TPSA) is 24.9 Å². The van der Waals surface area contributed by atoms with E-state index in [4.69, 9.17) is 9.47 Å². The van der Waals surface area contributed by atoms with Gasteiger partial charge in [0.2, 0.25) is 0 Å². The van der Waals surface area contributed by atoms with Gasteiger partial charge in [-0.3, -0.25) is 4.90 Å². The minimum atomic E-state index is -0.224. The van der Waals surface area contributed by atoms with Gasteiger partial charge in [0.25, 0.3) is 0 Å². The van der Waals surface area contributed by atoms with Gasteiger partial charge in [-0.05, 0) is 65.9 Å². The molecule has 0 unspecified atom stereocenters. The first kappa shape index (κ1) is 25.1. The second-order valence-corrected chi connectivity index (χ2v) is 9.68. The molecule has 1 atom stereocenters. The molecule has 0 bridgehead atoms. The highest BCUT2D eigenvalue weighted by molar-refractivity contribution is 5.58. The lowest BCUT2D eigenvalue weighted by atomic mass is 10.0. The Balaban J connectivity index is 1.42. The van der Waals surface area contributed by atoms with E-state index in [0.29, 0.717) is 5.92 Å². The predicted molar refractivity (Wildman–Crippen MR) is 141 cm³/mol. The number of nitrogens with zero attached hydrogens (tertiary/aromatic N) is 2. The molecule has 0 aliphatic carbocycles. The summed E-state index contributed by atoms with van der Waals surface area (Å²) in [5.74, 6) is 2.01.